The molecular formula is C23H20N2O2. The van der Waals surface area contributed by atoms with Crippen LogP contribution in [0.5, 0.6) is 0 Å². The zero-order valence-electron chi connectivity index (χ0n) is 15.0. The van der Waals surface area contributed by atoms with Crippen LogP contribution in [-0.2, 0) is 11.3 Å². The average molecular weight is 356 g/mol. The molecule has 4 heteroatoms. The number of pyridine rings is 1. The van der Waals surface area contributed by atoms with Gasteiger partial charge in [0.2, 0.25) is 0 Å². The van der Waals surface area contributed by atoms with E-state index in [0.29, 0.717) is 12.1 Å². The molecule has 1 aliphatic rings. The highest BCUT2D eigenvalue weighted by molar-refractivity contribution is 6.05. The SMILES string of the molecule is Cc1ccc(C2=C(O)C(=O)N(Cc3ccccn3)C2c2ccccc2)cc1. The predicted octanol–water partition coefficient (Wildman–Crippen LogP) is 4.44. The van der Waals surface area contributed by atoms with Gasteiger partial charge in [-0.1, -0.05) is 66.2 Å². The zero-order chi connectivity index (χ0) is 18.8. The summed E-state index contributed by atoms with van der Waals surface area (Å²) in [5.41, 5.74) is 4.36. The lowest BCUT2D eigenvalue weighted by molar-refractivity contribution is -0.130. The van der Waals surface area contributed by atoms with Crippen LogP contribution in [-0.4, -0.2) is 20.9 Å². The van der Waals surface area contributed by atoms with Crippen molar-refractivity contribution in [3.05, 3.63) is 107 Å². The summed E-state index contributed by atoms with van der Waals surface area (Å²) < 4.78 is 0. The van der Waals surface area contributed by atoms with Crippen molar-refractivity contribution in [1.82, 2.24) is 9.88 Å². The Morgan fingerprint density at radius 1 is 0.963 bits per heavy atom. The van der Waals surface area contributed by atoms with Gasteiger partial charge in [-0.05, 0) is 30.2 Å². The molecule has 27 heavy (non-hydrogen) atoms. The lowest BCUT2D eigenvalue weighted by Gasteiger charge is -2.27. The fourth-order valence-corrected chi connectivity index (χ4v) is 3.49. The number of hydrogen-bond donors (Lipinski definition) is 1. The smallest absolute Gasteiger partial charge is 0.290 e. The summed E-state index contributed by atoms with van der Waals surface area (Å²) in [4.78, 5) is 19.0. The second-order valence-electron chi connectivity index (χ2n) is 6.70. The molecule has 1 aliphatic heterocycles. The van der Waals surface area contributed by atoms with Gasteiger partial charge in [-0.25, -0.2) is 0 Å². The van der Waals surface area contributed by atoms with Gasteiger partial charge in [-0.3, -0.25) is 9.78 Å². The Balaban J connectivity index is 1.81. The number of aliphatic hydroxyl groups is 1. The summed E-state index contributed by atoms with van der Waals surface area (Å²) >= 11 is 0. The van der Waals surface area contributed by atoms with Gasteiger partial charge in [0.1, 0.15) is 0 Å². The average Bonchev–Trinajstić information content (AvgIpc) is 2.95. The number of hydrogen-bond acceptors (Lipinski definition) is 3. The number of aromatic nitrogens is 1. The van der Waals surface area contributed by atoms with Crippen molar-refractivity contribution in [3.8, 4) is 0 Å². The molecule has 4 rings (SSSR count). The van der Waals surface area contributed by atoms with Crippen molar-refractivity contribution in [3.63, 3.8) is 0 Å². The Hall–Kier alpha value is -3.40. The van der Waals surface area contributed by atoms with Gasteiger partial charge < -0.3 is 10.0 Å². The number of rotatable bonds is 4. The molecule has 134 valence electrons. The first-order valence-corrected chi connectivity index (χ1v) is 8.91. The molecular weight excluding hydrogens is 336 g/mol. The fourth-order valence-electron chi connectivity index (χ4n) is 3.49. The molecule has 1 atom stereocenters. The number of nitrogens with zero attached hydrogens (tertiary/aromatic N) is 2. The molecule has 0 bridgehead atoms. The number of aryl methyl sites for hydroxylation is 1. The van der Waals surface area contributed by atoms with Gasteiger partial charge in [0.05, 0.1) is 18.3 Å². The van der Waals surface area contributed by atoms with Crippen molar-refractivity contribution in [1.29, 1.82) is 0 Å². The van der Waals surface area contributed by atoms with Crippen molar-refractivity contribution in [2.24, 2.45) is 0 Å². The molecule has 3 aromatic rings. The molecule has 1 unspecified atom stereocenters. The number of benzene rings is 2. The van der Waals surface area contributed by atoms with Crippen LogP contribution in [0.3, 0.4) is 0 Å². The Morgan fingerprint density at radius 3 is 2.33 bits per heavy atom. The van der Waals surface area contributed by atoms with Crippen molar-refractivity contribution < 1.29 is 9.90 Å². The minimum absolute atomic E-state index is 0.191. The number of carbonyl (C=O) groups excluding carboxylic acids is 1. The van der Waals surface area contributed by atoms with Crippen LogP contribution in [0.25, 0.3) is 5.57 Å². The maximum atomic E-state index is 12.9. The summed E-state index contributed by atoms with van der Waals surface area (Å²) in [6.07, 6.45) is 1.71. The lowest BCUT2D eigenvalue weighted by atomic mass is 9.93. The van der Waals surface area contributed by atoms with E-state index in [4.69, 9.17) is 0 Å². The molecule has 0 saturated heterocycles. The van der Waals surface area contributed by atoms with E-state index in [-0.39, 0.29) is 17.7 Å². The molecule has 4 nitrogen and oxygen atoms in total. The van der Waals surface area contributed by atoms with E-state index in [2.05, 4.69) is 4.98 Å². The van der Waals surface area contributed by atoms with Gasteiger partial charge in [-0.15, -0.1) is 0 Å². The first-order valence-electron chi connectivity index (χ1n) is 8.91. The molecule has 1 amide bonds. The normalized spacial score (nSPS) is 16.9. The minimum atomic E-state index is -0.370. The van der Waals surface area contributed by atoms with E-state index < -0.39 is 0 Å². The van der Waals surface area contributed by atoms with Gasteiger partial charge >= 0.3 is 0 Å². The number of aliphatic hydroxyl groups excluding tert-OH is 1. The molecule has 0 saturated carbocycles. The summed E-state index contributed by atoms with van der Waals surface area (Å²) in [6, 6.07) is 23.0. The van der Waals surface area contributed by atoms with Gasteiger partial charge in [-0.2, -0.15) is 0 Å². The van der Waals surface area contributed by atoms with Crippen molar-refractivity contribution in [2.45, 2.75) is 19.5 Å². The molecule has 0 radical (unpaired) electrons. The molecule has 0 aliphatic carbocycles. The first kappa shape index (κ1) is 17.0. The largest absolute Gasteiger partial charge is 0.503 e. The standard InChI is InChI=1S/C23H20N2O2/c1-16-10-12-17(13-11-16)20-21(18-7-3-2-4-8-18)25(23(27)22(20)26)15-19-9-5-6-14-24-19/h2-14,21,26H,15H2,1H3. The first-order chi connectivity index (χ1) is 13.1. The second-order valence-corrected chi connectivity index (χ2v) is 6.70. The van der Waals surface area contributed by atoms with E-state index >= 15 is 0 Å². The molecule has 0 fully saturated rings. The Bertz CT molecular complexity index is 980. The van der Waals surface area contributed by atoms with Crippen molar-refractivity contribution in [2.75, 3.05) is 0 Å². The van der Waals surface area contributed by atoms with E-state index in [1.54, 1.807) is 11.1 Å². The summed E-state index contributed by atoms with van der Waals surface area (Å²) in [6.45, 7) is 2.35. The predicted molar refractivity (Wildman–Crippen MR) is 105 cm³/mol. The van der Waals surface area contributed by atoms with Crippen LogP contribution in [0.2, 0.25) is 0 Å². The highest BCUT2D eigenvalue weighted by Crippen LogP contribution is 2.43. The molecule has 2 heterocycles. The lowest BCUT2D eigenvalue weighted by Crippen LogP contribution is -2.30. The highest BCUT2D eigenvalue weighted by atomic mass is 16.3. The van der Waals surface area contributed by atoms with E-state index in [9.17, 15) is 9.90 Å². The van der Waals surface area contributed by atoms with E-state index in [0.717, 1.165) is 22.4 Å². The Kier molecular flexibility index (Phi) is 4.47. The van der Waals surface area contributed by atoms with Gasteiger partial charge in [0.25, 0.3) is 5.91 Å². The van der Waals surface area contributed by atoms with Crippen LogP contribution < -0.4 is 0 Å². The van der Waals surface area contributed by atoms with Crippen LogP contribution in [0.15, 0.2) is 84.8 Å². The topological polar surface area (TPSA) is 53.4 Å². The monoisotopic (exact) mass is 356 g/mol. The van der Waals surface area contributed by atoms with Crippen LogP contribution >= 0.6 is 0 Å². The van der Waals surface area contributed by atoms with E-state index in [1.807, 2.05) is 79.7 Å². The maximum absolute atomic E-state index is 12.9. The molecule has 1 aromatic heterocycles. The fraction of sp³-hybridized carbons (Fsp3) is 0.130. The summed E-state index contributed by atoms with van der Waals surface area (Å²) in [5.74, 6) is -0.561. The number of carbonyl (C=O) groups is 1. The third kappa shape index (κ3) is 3.22. The second kappa shape index (κ2) is 7.08. The molecule has 2 aromatic carbocycles. The third-order valence-electron chi connectivity index (χ3n) is 4.84. The molecule has 1 N–H and O–H groups in total. The van der Waals surface area contributed by atoms with Crippen LogP contribution in [0.4, 0.5) is 0 Å². The summed E-state index contributed by atoms with van der Waals surface area (Å²) in [7, 11) is 0. The van der Waals surface area contributed by atoms with Crippen LogP contribution in [0, 0.1) is 6.92 Å². The van der Waals surface area contributed by atoms with Gasteiger partial charge in [0.15, 0.2) is 5.76 Å². The molecule has 0 spiro atoms. The number of amides is 1. The Morgan fingerprint density at radius 2 is 1.67 bits per heavy atom. The highest BCUT2D eigenvalue weighted by Gasteiger charge is 2.41. The minimum Gasteiger partial charge on any atom is -0.503 e. The summed E-state index contributed by atoms with van der Waals surface area (Å²) in [5, 5.41) is 10.7. The Labute approximate surface area is 158 Å². The van der Waals surface area contributed by atoms with Gasteiger partial charge in [0, 0.05) is 11.8 Å². The van der Waals surface area contributed by atoms with Crippen LogP contribution in [0.1, 0.15) is 28.4 Å². The maximum Gasteiger partial charge on any atom is 0.290 e. The van der Waals surface area contributed by atoms with E-state index in [1.165, 1.54) is 0 Å². The zero-order valence-corrected chi connectivity index (χ0v) is 15.0. The third-order valence-corrected chi connectivity index (χ3v) is 4.84. The quantitative estimate of drug-likeness (QED) is 0.752. The van der Waals surface area contributed by atoms with Crippen molar-refractivity contribution >= 4 is 11.5 Å².